The lowest BCUT2D eigenvalue weighted by Gasteiger charge is -2.10. The first-order chi connectivity index (χ1) is 62.0. The van der Waals surface area contributed by atoms with Crippen LogP contribution in [0.25, 0.3) is 90.1 Å². The molecule has 0 unspecified atom stereocenters. The molecule has 0 radical (unpaired) electrons. The lowest BCUT2D eigenvalue weighted by Crippen LogP contribution is -2.34. The largest absolute Gasteiger partial charge is 0.215 e. The molecule has 16 aromatic rings. The third kappa shape index (κ3) is 25.1. The molecule has 8 nitrogen and oxygen atoms in total. The second-order valence-electron chi connectivity index (χ2n) is 33.6. The van der Waals surface area contributed by atoms with Gasteiger partial charge < -0.3 is 0 Å². The van der Waals surface area contributed by atoms with E-state index >= 15 is 0 Å². The quantitative estimate of drug-likeness (QED) is 0.136. The molecule has 0 aliphatic heterocycles. The predicted octanol–water partition coefficient (Wildman–Crippen LogP) is 23.9. The Morgan fingerprint density at radius 2 is 0.536 bits per heavy atom. The van der Waals surface area contributed by atoms with Crippen LogP contribution in [0.4, 0.5) is 0 Å². The Balaban J connectivity index is 0.000000169. The second kappa shape index (κ2) is 44.8. The maximum Gasteiger partial charge on any atom is 0.215 e. The van der Waals surface area contributed by atoms with Crippen molar-refractivity contribution in [2.75, 3.05) is 0 Å². The average molecular weight is 1660 g/mol. The van der Waals surface area contributed by atoms with E-state index in [0.29, 0.717) is 11.1 Å². The first-order valence-electron chi connectivity index (χ1n) is 46.3. The van der Waals surface area contributed by atoms with Crippen molar-refractivity contribution in [3.63, 3.8) is 0 Å². The van der Waals surface area contributed by atoms with Crippen LogP contribution in [0.15, 0.2) is 310 Å². The van der Waals surface area contributed by atoms with E-state index in [4.69, 9.17) is 8.22 Å². The molecule has 0 saturated carbocycles. The summed E-state index contributed by atoms with van der Waals surface area (Å²) < 4.78 is 61.8. The summed E-state index contributed by atoms with van der Waals surface area (Å²) in [5.74, 6) is 0. The maximum absolute atomic E-state index is 7.55. The van der Waals surface area contributed by atoms with Crippen molar-refractivity contribution in [1.82, 2.24) is 0 Å². The normalized spacial score (nSPS) is 11.4. The minimum absolute atomic E-state index is 0.363. The van der Waals surface area contributed by atoms with Crippen molar-refractivity contribution in [3.8, 4) is 90.1 Å². The third-order valence-electron chi connectivity index (χ3n) is 23.6. The van der Waals surface area contributed by atoms with E-state index in [9.17, 15) is 0 Å². The standard InChI is InChI=1S/C16H20N.3C15H18N.4C14H16N/c1-11-8-6-7-9-15(11)16-14(4)13(3)12(2)10-17(16)5;1-11-9-13(3)15(16(4)10-11)14-8-6-5-7-12(14)2;2*1-11-7-5-6-8-14(11)15-9-12(2)13(3)10-16(15)4;1-11-7-4-5-9-13(11)14-12(2)8-6-10-15(14)3;1-11-7-4-5-9-13(11)14-10-6-8-12(2)15(14)3;1-11-8-9-15(3)14(10-11)13-7-5-4-6-12(13)2;1-11-8-9-14(15(3)10-11)13-7-5-4-6-12(13)2/h6-10H,1-5H3;3*5-10H,1-4H3;4*4-10H,1-3H3/q8*+1/i;;3D3;;;;;1D3. The second-order valence-corrected chi connectivity index (χ2v) is 33.6. The van der Waals surface area contributed by atoms with Crippen LogP contribution in [0, 0.1) is 145 Å². The van der Waals surface area contributed by atoms with Crippen LogP contribution in [0.1, 0.15) is 125 Å². The molecule has 0 fully saturated rings. The Bertz CT molecular complexity index is 6590. The molecule has 16 rings (SSSR count). The molecular weight excluding hydrogens is 1520 g/mol. The van der Waals surface area contributed by atoms with Crippen LogP contribution < -0.4 is 36.5 Å². The molecule has 0 saturated heterocycles. The van der Waals surface area contributed by atoms with Gasteiger partial charge in [-0.05, 0) is 278 Å². The minimum atomic E-state index is -2.06. The van der Waals surface area contributed by atoms with Crippen LogP contribution in [0.2, 0.25) is 0 Å². The van der Waals surface area contributed by atoms with E-state index in [2.05, 4.69) is 431 Å². The summed E-state index contributed by atoms with van der Waals surface area (Å²) in [6, 6.07) is 92.3. The fourth-order valence-electron chi connectivity index (χ4n) is 16.0. The van der Waals surface area contributed by atoms with Gasteiger partial charge >= 0.3 is 0 Å². The molecule has 0 aliphatic carbocycles. The van der Waals surface area contributed by atoms with E-state index in [-0.39, 0.29) is 0 Å². The van der Waals surface area contributed by atoms with Gasteiger partial charge in [0.1, 0.15) is 56.4 Å². The lowest BCUT2D eigenvalue weighted by atomic mass is 9.97. The number of pyridine rings is 8. The van der Waals surface area contributed by atoms with Crippen LogP contribution in [0.5, 0.6) is 0 Å². The first kappa shape index (κ1) is 86.9. The molecule has 8 heterocycles. The van der Waals surface area contributed by atoms with E-state index in [1.165, 1.54) is 168 Å². The topological polar surface area (TPSA) is 31.0 Å². The highest BCUT2D eigenvalue weighted by Gasteiger charge is 2.23. The van der Waals surface area contributed by atoms with Gasteiger partial charge in [0, 0.05) is 153 Å². The van der Waals surface area contributed by atoms with E-state index in [1.54, 1.807) is 18.5 Å². The van der Waals surface area contributed by atoms with Gasteiger partial charge in [0.15, 0.2) is 49.1 Å². The van der Waals surface area contributed by atoms with Gasteiger partial charge in [-0.15, -0.1) is 0 Å². The highest BCUT2D eigenvalue weighted by Crippen LogP contribution is 2.30. The van der Waals surface area contributed by atoms with Crippen LogP contribution >= 0.6 is 0 Å². The van der Waals surface area contributed by atoms with Crippen molar-refractivity contribution >= 4 is 0 Å². The molecule has 8 aromatic carbocycles. The Kier molecular flexibility index (Phi) is 31.2. The molecule has 8 aromatic heterocycles. The number of aromatic nitrogens is 8. The zero-order valence-electron chi connectivity index (χ0n) is 85.5. The summed E-state index contributed by atoms with van der Waals surface area (Å²) in [5, 5.41) is 0. The predicted molar refractivity (Wildman–Crippen MR) is 524 cm³/mol. The third-order valence-corrected chi connectivity index (χ3v) is 23.6. The summed E-state index contributed by atoms with van der Waals surface area (Å²) in [6.45, 7) is 36.4. The summed E-state index contributed by atoms with van der Waals surface area (Å²) in [5.41, 5.74) is 45.1. The van der Waals surface area contributed by atoms with Gasteiger partial charge in [-0.25, -0.2) is 32.0 Å². The summed E-state index contributed by atoms with van der Waals surface area (Å²) >= 11 is 0. The highest BCUT2D eigenvalue weighted by molar-refractivity contribution is 5.69. The fourth-order valence-corrected chi connectivity index (χ4v) is 16.0. The number of nitrogens with zero attached hydrogens (tertiary/aromatic N) is 8. The maximum atomic E-state index is 7.55. The monoisotopic (exact) mass is 1660 g/mol. The zero-order chi connectivity index (χ0) is 96.0. The number of aryl methyl sites for hydroxylation is 26. The van der Waals surface area contributed by atoms with Crippen molar-refractivity contribution in [1.29, 1.82) is 0 Å². The Hall–Kier alpha value is -13.0. The van der Waals surface area contributed by atoms with Crippen molar-refractivity contribution in [2.24, 2.45) is 56.4 Å². The number of rotatable bonds is 8. The van der Waals surface area contributed by atoms with Crippen molar-refractivity contribution in [3.05, 3.63) is 427 Å². The Labute approximate surface area is 759 Å². The molecular formula is C117H138N8+8. The SMILES string of the molecule is Cc1cc(-c2ccccc2C)[n+](C)cc1C.Cc1cc(C)c(-c2ccccc2C)[n+](C)c1.Cc1cc[n+](C)c(-c2ccccc2C)c1.Cc1ccccc1-c1c(C)c(C)c(C)c[n+]1C.Cc1ccccc1-c1c(C)ccc[n+]1C.Cc1ccccc1-c1cccc(C)[n+]1C.[2H]C([2H])([2H])c1c[n+](C)c(-c2ccccc2C)cc1C.[2H]C([2H])([2H])c1ccc(-c2ccccc2C)[n+](C)c1. The van der Waals surface area contributed by atoms with Gasteiger partial charge in [-0.3, -0.25) is 0 Å². The number of benzene rings is 8. The van der Waals surface area contributed by atoms with Crippen LogP contribution in [-0.2, 0) is 56.4 Å². The van der Waals surface area contributed by atoms with Crippen LogP contribution in [0.3, 0.4) is 0 Å². The molecule has 0 N–H and O–H groups in total. The number of hydrogen-bond acceptors (Lipinski definition) is 0. The highest BCUT2D eigenvalue weighted by atomic mass is 15.0. The molecule has 0 aliphatic rings. The van der Waals surface area contributed by atoms with E-state index in [0.717, 1.165) is 28.1 Å². The molecule has 125 heavy (non-hydrogen) atoms. The van der Waals surface area contributed by atoms with Crippen molar-refractivity contribution < 1.29 is 44.8 Å². The van der Waals surface area contributed by atoms with E-state index in [1.807, 2.05) is 85.6 Å². The summed E-state index contributed by atoms with van der Waals surface area (Å²) in [6.07, 6.45) is 14.2. The van der Waals surface area contributed by atoms with Crippen molar-refractivity contribution in [2.45, 2.75) is 145 Å². The molecule has 8 heteroatoms. The Morgan fingerprint density at radius 3 is 0.952 bits per heavy atom. The van der Waals surface area contributed by atoms with Gasteiger partial charge in [-0.2, -0.15) is 4.57 Å². The average Bonchev–Trinajstić information content (AvgIpc) is 0.760. The van der Waals surface area contributed by atoms with Gasteiger partial charge in [0.25, 0.3) is 0 Å². The molecule has 638 valence electrons. The molecule has 0 amide bonds. The molecule has 0 atom stereocenters. The van der Waals surface area contributed by atoms with Gasteiger partial charge in [0.05, 0.1) is 0 Å². The van der Waals surface area contributed by atoms with Crippen LogP contribution in [-0.4, -0.2) is 0 Å². The van der Waals surface area contributed by atoms with Gasteiger partial charge in [0.2, 0.25) is 45.6 Å². The first-order valence-corrected chi connectivity index (χ1v) is 43.3. The zero-order valence-corrected chi connectivity index (χ0v) is 79.5. The Morgan fingerprint density at radius 1 is 0.184 bits per heavy atom. The number of hydrogen-bond donors (Lipinski definition) is 0. The fraction of sp³-hybridized carbons (Fsp3) is 0.248. The minimum Gasteiger partial charge on any atom is -0.201 e. The summed E-state index contributed by atoms with van der Waals surface area (Å²) in [4.78, 5) is 0. The molecule has 0 bridgehead atoms. The lowest BCUT2D eigenvalue weighted by molar-refractivity contribution is -0.666. The van der Waals surface area contributed by atoms with E-state index < -0.39 is 13.7 Å². The van der Waals surface area contributed by atoms with Gasteiger partial charge in [-0.1, -0.05) is 146 Å². The smallest absolute Gasteiger partial charge is 0.201 e. The molecule has 0 spiro atoms. The summed E-state index contributed by atoms with van der Waals surface area (Å²) in [7, 11) is 16.4.